The third-order valence-corrected chi connectivity index (χ3v) is 5.62. The normalized spacial score (nSPS) is 13.9. The lowest BCUT2D eigenvalue weighted by Gasteiger charge is -2.32. The molecule has 144 valence electrons. The molecule has 28 heavy (non-hydrogen) atoms. The van der Waals surface area contributed by atoms with Crippen LogP contribution in [0, 0.1) is 5.92 Å². The van der Waals surface area contributed by atoms with Gasteiger partial charge < -0.3 is 4.90 Å². The van der Waals surface area contributed by atoms with Crippen molar-refractivity contribution in [2.45, 2.75) is 32.4 Å². The molecule has 2 aromatic carbocycles. The summed E-state index contributed by atoms with van der Waals surface area (Å²) in [6.07, 6.45) is 5.35. The van der Waals surface area contributed by atoms with Gasteiger partial charge in [0.05, 0.1) is 12.7 Å². The molecule has 1 amide bonds. The number of hydrogen-bond donors (Lipinski definition) is 0. The Morgan fingerprint density at radius 2 is 1.86 bits per heavy atom. The fourth-order valence-corrected chi connectivity index (χ4v) is 3.64. The Morgan fingerprint density at radius 1 is 1.11 bits per heavy atom. The van der Waals surface area contributed by atoms with E-state index in [2.05, 4.69) is 22.4 Å². The Hall–Kier alpha value is -2.66. The summed E-state index contributed by atoms with van der Waals surface area (Å²) in [5, 5.41) is 8.95. The lowest BCUT2D eigenvalue weighted by Crippen LogP contribution is -2.37. The minimum absolute atomic E-state index is 0.0684. The van der Waals surface area contributed by atoms with Crippen molar-refractivity contribution >= 4 is 17.5 Å². The number of rotatable bonds is 7. The lowest BCUT2D eigenvalue weighted by molar-refractivity contribution is 0.0673. The van der Waals surface area contributed by atoms with Crippen LogP contribution in [0.2, 0.25) is 5.02 Å². The molecule has 0 bridgehead atoms. The first-order valence-electron chi connectivity index (χ1n) is 9.66. The van der Waals surface area contributed by atoms with Gasteiger partial charge in [0.25, 0.3) is 5.91 Å². The van der Waals surface area contributed by atoms with Gasteiger partial charge in [-0.15, -0.1) is 5.10 Å². The number of aromatic nitrogens is 3. The number of nitrogens with zero attached hydrogens (tertiary/aromatic N) is 4. The first kappa shape index (κ1) is 18.7. The third-order valence-electron chi connectivity index (χ3n) is 5.25. The van der Waals surface area contributed by atoms with Crippen molar-refractivity contribution < 1.29 is 4.79 Å². The number of halogens is 1. The zero-order valence-corrected chi connectivity index (χ0v) is 16.4. The highest BCUT2D eigenvalue weighted by Crippen LogP contribution is 2.28. The molecule has 1 heterocycles. The molecule has 1 aliphatic carbocycles. The molecule has 1 saturated carbocycles. The second-order valence-corrected chi connectivity index (χ2v) is 7.77. The summed E-state index contributed by atoms with van der Waals surface area (Å²) in [5.41, 5.74) is 2.45. The van der Waals surface area contributed by atoms with Crippen LogP contribution >= 0.6 is 11.6 Å². The van der Waals surface area contributed by atoms with E-state index < -0.39 is 0 Å². The topological polar surface area (TPSA) is 51.0 Å². The molecule has 4 rings (SSSR count). The Balaban J connectivity index is 1.49. The van der Waals surface area contributed by atoms with Crippen molar-refractivity contribution in [1.29, 1.82) is 0 Å². The maximum Gasteiger partial charge on any atom is 0.276 e. The first-order chi connectivity index (χ1) is 13.7. The van der Waals surface area contributed by atoms with Crippen molar-refractivity contribution in [1.82, 2.24) is 19.9 Å². The van der Waals surface area contributed by atoms with Crippen LogP contribution in [-0.4, -0.2) is 32.3 Å². The number of carbonyl (C=O) groups is 1. The van der Waals surface area contributed by atoms with Gasteiger partial charge >= 0.3 is 0 Å². The molecule has 1 aromatic heterocycles. The minimum atomic E-state index is -0.0684. The predicted octanol–water partition coefficient (Wildman–Crippen LogP) is 4.42. The maximum absolute atomic E-state index is 13.1. The molecule has 1 aliphatic rings. The van der Waals surface area contributed by atoms with E-state index in [1.54, 1.807) is 10.9 Å². The number of amides is 1. The monoisotopic (exact) mass is 394 g/mol. The van der Waals surface area contributed by atoms with Gasteiger partial charge in [-0.25, -0.2) is 4.68 Å². The van der Waals surface area contributed by atoms with Crippen LogP contribution in [0.25, 0.3) is 0 Å². The van der Waals surface area contributed by atoms with Crippen LogP contribution in [0.15, 0.2) is 60.8 Å². The second-order valence-electron chi connectivity index (χ2n) is 7.36. The van der Waals surface area contributed by atoms with Crippen LogP contribution in [0.4, 0.5) is 0 Å². The summed E-state index contributed by atoms with van der Waals surface area (Å²) in [6.45, 7) is 1.85. The Labute approximate surface area is 169 Å². The van der Waals surface area contributed by atoms with E-state index in [0.29, 0.717) is 29.7 Å². The van der Waals surface area contributed by atoms with Gasteiger partial charge in [-0.05, 0) is 36.0 Å². The highest BCUT2D eigenvalue weighted by Gasteiger charge is 2.26. The highest BCUT2D eigenvalue weighted by atomic mass is 35.5. The van der Waals surface area contributed by atoms with Gasteiger partial charge in [-0.1, -0.05) is 71.8 Å². The second kappa shape index (κ2) is 8.57. The Morgan fingerprint density at radius 3 is 2.57 bits per heavy atom. The number of benzene rings is 2. The van der Waals surface area contributed by atoms with Crippen molar-refractivity contribution in [2.75, 3.05) is 6.54 Å². The summed E-state index contributed by atoms with van der Waals surface area (Å²) in [4.78, 5) is 15.0. The minimum Gasteiger partial charge on any atom is -0.333 e. The van der Waals surface area contributed by atoms with Gasteiger partial charge in [-0.2, -0.15) is 0 Å². The van der Waals surface area contributed by atoms with Crippen molar-refractivity contribution in [3.05, 3.63) is 82.6 Å². The molecular formula is C22H23ClN4O. The maximum atomic E-state index is 13.1. The largest absolute Gasteiger partial charge is 0.333 e. The van der Waals surface area contributed by atoms with Crippen molar-refractivity contribution in [3.63, 3.8) is 0 Å². The summed E-state index contributed by atoms with van der Waals surface area (Å²) in [5.74, 6) is 0.520. The SMILES string of the molecule is O=C(c1cn(Cc2ccccc2Cl)nn1)N(Cc1ccccc1)CC1CCC1. The van der Waals surface area contributed by atoms with Crippen molar-refractivity contribution in [3.8, 4) is 0 Å². The Kier molecular flexibility index (Phi) is 5.72. The molecule has 0 aliphatic heterocycles. The molecule has 0 radical (unpaired) electrons. The van der Waals surface area contributed by atoms with Crippen LogP contribution in [0.5, 0.6) is 0 Å². The first-order valence-corrected chi connectivity index (χ1v) is 10.0. The Bertz CT molecular complexity index is 936. The predicted molar refractivity (Wildman–Crippen MR) is 109 cm³/mol. The summed E-state index contributed by atoms with van der Waals surface area (Å²) < 4.78 is 1.67. The third kappa shape index (κ3) is 4.42. The van der Waals surface area contributed by atoms with E-state index in [1.165, 1.54) is 19.3 Å². The molecule has 1 fully saturated rings. The van der Waals surface area contributed by atoms with Crippen LogP contribution < -0.4 is 0 Å². The number of carbonyl (C=O) groups excluding carboxylic acids is 1. The molecule has 0 spiro atoms. The fraction of sp³-hybridized carbons (Fsp3) is 0.318. The fourth-order valence-electron chi connectivity index (χ4n) is 3.45. The molecule has 5 nitrogen and oxygen atoms in total. The van der Waals surface area contributed by atoms with E-state index >= 15 is 0 Å². The molecule has 0 unspecified atom stereocenters. The summed E-state index contributed by atoms with van der Waals surface area (Å²) in [7, 11) is 0. The van der Waals surface area contributed by atoms with E-state index in [0.717, 1.165) is 17.7 Å². The average Bonchev–Trinajstić information content (AvgIpc) is 3.14. The molecule has 0 N–H and O–H groups in total. The van der Waals surface area contributed by atoms with E-state index in [-0.39, 0.29) is 5.91 Å². The smallest absolute Gasteiger partial charge is 0.276 e. The van der Waals surface area contributed by atoms with Gasteiger partial charge in [0.2, 0.25) is 0 Å². The summed E-state index contributed by atoms with van der Waals surface area (Å²) >= 11 is 6.23. The van der Waals surface area contributed by atoms with Crippen LogP contribution in [0.3, 0.4) is 0 Å². The zero-order chi connectivity index (χ0) is 19.3. The van der Waals surface area contributed by atoms with Crippen LogP contribution in [0.1, 0.15) is 40.9 Å². The quantitative estimate of drug-likeness (QED) is 0.596. The molecular weight excluding hydrogens is 372 g/mol. The van der Waals surface area contributed by atoms with Gasteiger partial charge in [0.15, 0.2) is 5.69 Å². The highest BCUT2D eigenvalue weighted by molar-refractivity contribution is 6.31. The lowest BCUT2D eigenvalue weighted by atomic mass is 9.85. The molecule has 6 heteroatoms. The van der Waals surface area contributed by atoms with Crippen molar-refractivity contribution in [2.24, 2.45) is 5.92 Å². The average molecular weight is 395 g/mol. The standard InChI is InChI=1S/C22H23ClN4O/c23-20-12-5-4-11-19(20)15-27-16-21(24-25-27)22(28)26(14-18-9-6-10-18)13-17-7-2-1-3-8-17/h1-5,7-8,11-12,16,18H,6,9-10,13-15H2. The number of hydrogen-bond acceptors (Lipinski definition) is 3. The van der Waals surface area contributed by atoms with Crippen LogP contribution in [-0.2, 0) is 13.1 Å². The van der Waals surface area contributed by atoms with E-state index in [1.807, 2.05) is 47.4 Å². The molecule has 3 aromatic rings. The molecule has 0 atom stereocenters. The van der Waals surface area contributed by atoms with E-state index in [9.17, 15) is 4.79 Å². The van der Waals surface area contributed by atoms with Gasteiger partial charge in [0.1, 0.15) is 0 Å². The van der Waals surface area contributed by atoms with Gasteiger partial charge in [-0.3, -0.25) is 4.79 Å². The van der Waals surface area contributed by atoms with Gasteiger partial charge in [0, 0.05) is 18.1 Å². The molecule has 0 saturated heterocycles. The summed E-state index contributed by atoms with van der Waals surface area (Å²) in [6, 6.07) is 17.7. The van der Waals surface area contributed by atoms with E-state index in [4.69, 9.17) is 11.6 Å². The zero-order valence-electron chi connectivity index (χ0n) is 15.7.